The minimum Gasteiger partial charge on any atom is -0.384 e. The van der Waals surface area contributed by atoms with Gasteiger partial charge in [-0.25, -0.2) is 9.97 Å². The zero-order valence-corrected chi connectivity index (χ0v) is 12.0. The number of nitrogen functional groups attached to an aromatic ring is 1. The van der Waals surface area contributed by atoms with Crippen LogP contribution in [0.5, 0.6) is 0 Å². The average Bonchev–Trinajstić information content (AvgIpc) is 3.17. The normalized spacial score (nSPS) is 23.1. The Bertz CT molecular complexity index is 463. The topological polar surface area (TPSA) is 76.3 Å². The number of nitrogens with one attached hydrogen (secondary N) is 1. The molecule has 0 spiro atoms. The first-order chi connectivity index (χ1) is 9.74. The molecule has 1 aliphatic heterocycles. The maximum absolute atomic E-state index is 5.83. The number of hydrogen-bond donors (Lipinski definition) is 2. The van der Waals surface area contributed by atoms with Crippen molar-refractivity contribution >= 4 is 11.6 Å². The smallest absolute Gasteiger partial charge is 0.158 e. The lowest BCUT2D eigenvalue weighted by atomic mass is 10.2. The molecule has 2 heterocycles. The monoisotopic (exact) mass is 277 g/mol. The van der Waals surface area contributed by atoms with Gasteiger partial charge in [-0.3, -0.25) is 4.90 Å². The number of nitrogens with zero attached hydrogens (tertiary/aromatic N) is 3. The van der Waals surface area contributed by atoms with Crippen LogP contribution in [0.4, 0.5) is 11.6 Å². The molecule has 110 valence electrons. The molecule has 1 aliphatic carbocycles. The van der Waals surface area contributed by atoms with Crippen LogP contribution in [0, 0.1) is 0 Å². The van der Waals surface area contributed by atoms with Crippen molar-refractivity contribution in [3.8, 4) is 0 Å². The van der Waals surface area contributed by atoms with E-state index in [0.29, 0.717) is 30.9 Å². The molecule has 2 fully saturated rings. The Balaban J connectivity index is 1.60. The molecule has 1 unspecified atom stereocenters. The van der Waals surface area contributed by atoms with E-state index >= 15 is 0 Å². The Morgan fingerprint density at radius 3 is 3.00 bits per heavy atom. The van der Waals surface area contributed by atoms with Gasteiger partial charge < -0.3 is 15.8 Å². The van der Waals surface area contributed by atoms with Crippen LogP contribution in [0.1, 0.15) is 32.0 Å². The Hall–Kier alpha value is -1.40. The lowest BCUT2D eigenvalue weighted by Gasteiger charge is -2.16. The van der Waals surface area contributed by atoms with Gasteiger partial charge in [0, 0.05) is 37.8 Å². The lowest BCUT2D eigenvalue weighted by Crippen LogP contribution is -2.28. The molecule has 1 saturated heterocycles. The number of aromatic nitrogens is 2. The highest BCUT2D eigenvalue weighted by molar-refractivity contribution is 5.45. The highest BCUT2D eigenvalue weighted by Crippen LogP contribution is 2.30. The summed E-state index contributed by atoms with van der Waals surface area (Å²) < 4.78 is 5.34. The second-order valence-corrected chi connectivity index (χ2v) is 5.59. The summed E-state index contributed by atoms with van der Waals surface area (Å²) in [4.78, 5) is 11.2. The molecule has 1 aromatic rings. The number of likely N-dealkylation sites (tertiary alicyclic amines) is 1. The summed E-state index contributed by atoms with van der Waals surface area (Å²) in [6.07, 6.45) is 3.90. The number of anilines is 2. The molecule has 0 amide bonds. The van der Waals surface area contributed by atoms with E-state index in [0.717, 1.165) is 18.4 Å². The van der Waals surface area contributed by atoms with Gasteiger partial charge in [0.2, 0.25) is 0 Å². The van der Waals surface area contributed by atoms with E-state index in [-0.39, 0.29) is 0 Å². The molecule has 1 aromatic heterocycles. The van der Waals surface area contributed by atoms with Gasteiger partial charge in [0.05, 0.1) is 0 Å². The number of rotatable bonds is 6. The minimum atomic E-state index is 0.412. The summed E-state index contributed by atoms with van der Waals surface area (Å²) in [7, 11) is 0. The van der Waals surface area contributed by atoms with Crippen LogP contribution in [0.15, 0.2) is 6.07 Å². The fraction of sp³-hybridized carbons (Fsp3) is 0.714. The first kappa shape index (κ1) is 13.6. The maximum atomic E-state index is 5.83. The molecule has 20 heavy (non-hydrogen) atoms. The fourth-order valence-electron chi connectivity index (χ4n) is 2.74. The van der Waals surface area contributed by atoms with E-state index in [2.05, 4.69) is 20.2 Å². The van der Waals surface area contributed by atoms with Crippen molar-refractivity contribution in [3.63, 3.8) is 0 Å². The third-order valence-corrected chi connectivity index (χ3v) is 3.86. The Morgan fingerprint density at radius 1 is 1.40 bits per heavy atom. The minimum absolute atomic E-state index is 0.412. The van der Waals surface area contributed by atoms with Crippen molar-refractivity contribution in [2.75, 3.05) is 30.7 Å². The highest BCUT2D eigenvalue weighted by atomic mass is 16.5. The van der Waals surface area contributed by atoms with Gasteiger partial charge in [-0.2, -0.15) is 0 Å². The summed E-state index contributed by atoms with van der Waals surface area (Å²) in [5.41, 5.74) is 5.83. The molecule has 2 aliphatic rings. The van der Waals surface area contributed by atoms with Crippen molar-refractivity contribution in [2.24, 2.45) is 0 Å². The van der Waals surface area contributed by atoms with Crippen LogP contribution in [0.25, 0.3) is 0 Å². The van der Waals surface area contributed by atoms with Crippen LogP contribution in [0.3, 0.4) is 0 Å². The van der Waals surface area contributed by atoms with Gasteiger partial charge in [0.15, 0.2) is 5.82 Å². The van der Waals surface area contributed by atoms with Crippen molar-refractivity contribution in [3.05, 3.63) is 11.9 Å². The standard InChI is InChI=1S/C14H23N5O/c1-2-20-9-14-17-12(15)7-13(18-14)16-10-5-6-19(8-10)11-3-4-11/h7,10-11H,2-6,8-9H2,1H3,(H3,15,16,17,18). The van der Waals surface area contributed by atoms with Crippen LogP contribution in [0.2, 0.25) is 0 Å². The molecule has 6 heteroatoms. The largest absolute Gasteiger partial charge is 0.384 e. The van der Waals surface area contributed by atoms with Gasteiger partial charge in [-0.1, -0.05) is 0 Å². The average molecular weight is 277 g/mol. The Kier molecular flexibility index (Phi) is 4.03. The molecule has 1 saturated carbocycles. The number of ether oxygens (including phenoxy) is 1. The molecule has 1 atom stereocenters. The predicted octanol–water partition coefficient (Wildman–Crippen LogP) is 1.24. The van der Waals surface area contributed by atoms with Crippen LogP contribution < -0.4 is 11.1 Å². The Labute approximate surface area is 119 Å². The third kappa shape index (κ3) is 3.37. The van der Waals surface area contributed by atoms with E-state index in [1.54, 1.807) is 6.07 Å². The molecular weight excluding hydrogens is 254 g/mol. The molecule has 3 rings (SSSR count). The van der Waals surface area contributed by atoms with Gasteiger partial charge in [0.25, 0.3) is 0 Å². The zero-order chi connectivity index (χ0) is 13.9. The van der Waals surface area contributed by atoms with E-state index < -0.39 is 0 Å². The summed E-state index contributed by atoms with van der Waals surface area (Å²) >= 11 is 0. The molecule has 0 bridgehead atoms. The van der Waals surface area contributed by atoms with E-state index in [1.165, 1.54) is 25.8 Å². The summed E-state index contributed by atoms with van der Waals surface area (Å²) in [6, 6.07) is 3.10. The first-order valence-corrected chi connectivity index (χ1v) is 7.46. The second kappa shape index (κ2) is 5.93. The van der Waals surface area contributed by atoms with Crippen molar-refractivity contribution < 1.29 is 4.74 Å². The molecule has 0 aromatic carbocycles. The van der Waals surface area contributed by atoms with Crippen molar-refractivity contribution in [1.29, 1.82) is 0 Å². The molecular formula is C14H23N5O. The van der Waals surface area contributed by atoms with Crippen molar-refractivity contribution in [2.45, 2.75) is 44.9 Å². The molecule has 0 radical (unpaired) electrons. The number of hydrogen-bond acceptors (Lipinski definition) is 6. The van der Waals surface area contributed by atoms with Crippen LogP contribution in [-0.2, 0) is 11.3 Å². The van der Waals surface area contributed by atoms with Gasteiger partial charge in [-0.15, -0.1) is 0 Å². The van der Waals surface area contributed by atoms with Gasteiger partial charge in [-0.05, 0) is 26.2 Å². The number of nitrogens with two attached hydrogens (primary N) is 1. The van der Waals surface area contributed by atoms with E-state index in [4.69, 9.17) is 10.5 Å². The quantitative estimate of drug-likeness (QED) is 0.815. The van der Waals surface area contributed by atoms with Gasteiger partial charge >= 0.3 is 0 Å². The van der Waals surface area contributed by atoms with Crippen LogP contribution in [-0.4, -0.2) is 46.6 Å². The summed E-state index contributed by atoms with van der Waals surface area (Å²) in [6.45, 7) is 5.31. The third-order valence-electron chi connectivity index (χ3n) is 3.86. The van der Waals surface area contributed by atoms with Crippen LogP contribution >= 0.6 is 0 Å². The predicted molar refractivity (Wildman–Crippen MR) is 78.4 cm³/mol. The maximum Gasteiger partial charge on any atom is 0.158 e. The van der Waals surface area contributed by atoms with E-state index in [1.807, 2.05) is 6.92 Å². The van der Waals surface area contributed by atoms with Gasteiger partial charge in [0.1, 0.15) is 18.2 Å². The summed E-state index contributed by atoms with van der Waals surface area (Å²) in [5.74, 6) is 1.95. The second-order valence-electron chi connectivity index (χ2n) is 5.59. The highest BCUT2D eigenvalue weighted by Gasteiger charge is 2.34. The molecule has 6 nitrogen and oxygen atoms in total. The first-order valence-electron chi connectivity index (χ1n) is 7.46. The fourth-order valence-corrected chi connectivity index (χ4v) is 2.74. The molecule has 3 N–H and O–H groups in total. The van der Waals surface area contributed by atoms with Crippen molar-refractivity contribution in [1.82, 2.24) is 14.9 Å². The Morgan fingerprint density at radius 2 is 2.25 bits per heavy atom. The van der Waals surface area contributed by atoms with E-state index in [9.17, 15) is 0 Å². The SMILES string of the molecule is CCOCc1nc(N)cc(NC2CCN(C3CC3)C2)n1. The lowest BCUT2D eigenvalue weighted by molar-refractivity contribution is 0.128. The summed E-state index contributed by atoms with van der Waals surface area (Å²) in [5, 5.41) is 3.48. The zero-order valence-electron chi connectivity index (χ0n) is 12.0.